The number of carbonyl (C=O) groups is 2. The quantitative estimate of drug-likeness (QED) is 0.406. The average Bonchev–Trinajstić information content (AvgIpc) is 3.05. The number of methoxy groups -OCH3 is 1. The summed E-state index contributed by atoms with van der Waals surface area (Å²) in [6, 6.07) is 15.9. The number of hydrogen-bond acceptors (Lipinski definition) is 5. The molecule has 0 aliphatic carbocycles. The summed E-state index contributed by atoms with van der Waals surface area (Å²) in [7, 11) is 1.52. The van der Waals surface area contributed by atoms with Crippen molar-refractivity contribution in [2.45, 2.75) is 6.04 Å². The molecular weight excluding hydrogens is 387 g/mol. The molecule has 6 nitrogen and oxygen atoms in total. The fourth-order valence-corrected chi connectivity index (χ4v) is 3.43. The van der Waals surface area contributed by atoms with Crippen LogP contribution in [0.2, 0.25) is 0 Å². The highest BCUT2D eigenvalue weighted by Crippen LogP contribution is 2.41. The number of rotatable bonds is 4. The van der Waals surface area contributed by atoms with E-state index in [4.69, 9.17) is 4.74 Å². The van der Waals surface area contributed by atoms with E-state index in [1.54, 1.807) is 42.5 Å². The largest absolute Gasteiger partial charge is 0.507 e. The molecule has 0 radical (unpaired) electrons. The van der Waals surface area contributed by atoms with Gasteiger partial charge in [0.2, 0.25) is 0 Å². The van der Waals surface area contributed by atoms with Gasteiger partial charge in [-0.2, -0.15) is 0 Å². The van der Waals surface area contributed by atoms with Crippen molar-refractivity contribution in [1.29, 1.82) is 0 Å². The van der Waals surface area contributed by atoms with Crippen molar-refractivity contribution in [1.82, 2.24) is 4.98 Å². The third kappa shape index (κ3) is 3.30. The molecule has 0 spiro atoms. The van der Waals surface area contributed by atoms with Gasteiger partial charge in [0.25, 0.3) is 5.78 Å². The van der Waals surface area contributed by atoms with Gasteiger partial charge in [0.1, 0.15) is 23.1 Å². The third-order valence-electron chi connectivity index (χ3n) is 4.89. The number of amides is 1. The standard InChI is InChI=1S/C23H17FN2O4/c1-30-17-11-7-15(8-12-17)21(27)19-20(14-5-9-16(24)10-6-14)26(23(29)22(19)28)18-4-2-3-13-25-18/h2-13,20,27H,1H3/t20-/m0/s1. The lowest BCUT2D eigenvalue weighted by Crippen LogP contribution is -2.30. The Hall–Kier alpha value is -4.00. The first-order chi connectivity index (χ1) is 14.5. The summed E-state index contributed by atoms with van der Waals surface area (Å²) in [5.41, 5.74) is 0.723. The predicted octanol–water partition coefficient (Wildman–Crippen LogP) is 3.86. The Labute approximate surface area is 171 Å². The molecule has 3 aromatic rings. The number of anilines is 1. The molecule has 1 amide bonds. The third-order valence-corrected chi connectivity index (χ3v) is 4.89. The van der Waals surface area contributed by atoms with Gasteiger partial charge in [-0.1, -0.05) is 18.2 Å². The Morgan fingerprint density at radius 2 is 1.73 bits per heavy atom. The van der Waals surface area contributed by atoms with Crippen LogP contribution in [-0.2, 0) is 9.59 Å². The number of aliphatic hydroxyl groups excluding tert-OH is 1. The lowest BCUT2D eigenvalue weighted by Gasteiger charge is -2.24. The summed E-state index contributed by atoms with van der Waals surface area (Å²) in [5, 5.41) is 11.0. The molecule has 0 saturated carbocycles. The number of hydrogen-bond donors (Lipinski definition) is 1. The van der Waals surface area contributed by atoms with E-state index >= 15 is 0 Å². The molecule has 1 aromatic heterocycles. The van der Waals surface area contributed by atoms with Crippen molar-refractivity contribution in [3.63, 3.8) is 0 Å². The van der Waals surface area contributed by atoms with Crippen LogP contribution in [0.5, 0.6) is 5.75 Å². The van der Waals surface area contributed by atoms with Crippen molar-refractivity contribution < 1.29 is 23.8 Å². The fourth-order valence-electron chi connectivity index (χ4n) is 3.43. The first kappa shape index (κ1) is 19.3. The Morgan fingerprint density at radius 1 is 1.03 bits per heavy atom. The number of pyridine rings is 1. The van der Waals surface area contributed by atoms with Gasteiger partial charge in [0.05, 0.1) is 18.7 Å². The van der Waals surface area contributed by atoms with E-state index in [2.05, 4.69) is 4.98 Å². The maximum absolute atomic E-state index is 13.5. The van der Waals surface area contributed by atoms with Crippen molar-refractivity contribution in [2.24, 2.45) is 0 Å². The molecule has 2 heterocycles. The zero-order valence-electron chi connectivity index (χ0n) is 15.9. The van der Waals surface area contributed by atoms with Gasteiger partial charge in [-0.15, -0.1) is 0 Å². The van der Waals surface area contributed by atoms with Crippen LogP contribution < -0.4 is 9.64 Å². The molecule has 30 heavy (non-hydrogen) atoms. The van der Waals surface area contributed by atoms with Crippen LogP contribution in [0, 0.1) is 5.82 Å². The molecule has 0 bridgehead atoms. The number of benzene rings is 2. The fraction of sp³-hybridized carbons (Fsp3) is 0.0870. The van der Waals surface area contributed by atoms with Crippen LogP contribution in [0.4, 0.5) is 10.2 Å². The molecular formula is C23H17FN2O4. The van der Waals surface area contributed by atoms with Crippen LogP contribution >= 0.6 is 0 Å². The highest BCUT2D eigenvalue weighted by Gasteiger charge is 2.47. The number of aromatic nitrogens is 1. The van der Waals surface area contributed by atoms with Gasteiger partial charge in [-0.05, 0) is 54.1 Å². The van der Waals surface area contributed by atoms with Crippen molar-refractivity contribution in [3.05, 3.63) is 95.4 Å². The minimum absolute atomic E-state index is 0.0950. The summed E-state index contributed by atoms with van der Waals surface area (Å²) >= 11 is 0. The van der Waals surface area contributed by atoms with E-state index in [1.807, 2.05) is 0 Å². The number of halogens is 1. The monoisotopic (exact) mass is 404 g/mol. The normalized spacial score (nSPS) is 17.9. The topological polar surface area (TPSA) is 79.7 Å². The van der Waals surface area contributed by atoms with Crippen LogP contribution in [0.3, 0.4) is 0 Å². The second-order valence-corrected chi connectivity index (χ2v) is 6.64. The number of nitrogens with zero attached hydrogens (tertiary/aromatic N) is 2. The van der Waals surface area contributed by atoms with Gasteiger partial charge in [0, 0.05) is 11.8 Å². The first-order valence-electron chi connectivity index (χ1n) is 9.13. The molecule has 150 valence electrons. The van der Waals surface area contributed by atoms with Gasteiger partial charge >= 0.3 is 5.91 Å². The Bertz CT molecular complexity index is 1130. The summed E-state index contributed by atoms with van der Waals surface area (Å²) in [6.45, 7) is 0. The average molecular weight is 404 g/mol. The lowest BCUT2D eigenvalue weighted by molar-refractivity contribution is -0.132. The predicted molar refractivity (Wildman–Crippen MR) is 108 cm³/mol. The highest BCUT2D eigenvalue weighted by molar-refractivity contribution is 6.51. The number of ketones is 1. The molecule has 4 rings (SSSR count). The highest BCUT2D eigenvalue weighted by atomic mass is 19.1. The zero-order valence-corrected chi connectivity index (χ0v) is 15.9. The van der Waals surface area contributed by atoms with Crippen molar-refractivity contribution in [3.8, 4) is 5.75 Å². The van der Waals surface area contributed by atoms with E-state index in [0.717, 1.165) is 0 Å². The maximum Gasteiger partial charge on any atom is 0.301 e. The minimum atomic E-state index is -0.956. The van der Waals surface area contributed by atoms with E-state index < -0.39 is 23.5 Å². The smallest absolute Gasteiger partial charge is 0.301 e. The minimum Gasteiger partial charge on any atom is -0.507 e. The molecule has 7 heteroatoms. The molecule has 1 aliphatic rings. The second kappa shape index (κ2) is 7.79. The van der Waals surface area contributed by atoms with Gasteiger partial charge in [-0.25, -0.2) is 9.37 Å². The molecule has 1 atom stereocenters. The van der Waals surface area contributed by atoms with Crippen molar-refractivity contribution >= 4 is 23.3 Å². The van der Waals surface area contributed by atoms with E-state index in [-0.39, 0.29) is 17.2 Å². The Morgan fingerprint density at radius 3 is 2.33 bits per heavy atom. The molecule has 1 saturated heterocycles. The number of carbonyl (C=O) groups excluding carboxylic acids is 2. The van der Waals surface area contributed by atoms with Crippen LogP contribution in [0.15, 0.2) is 78.5 Å². The summed E-state index contributed by atoms with van der Waals surface area (Å²) < 4.78 is 18.6. The second-order valence-electron chi connectivity index (χ2n) is 6.64. The summed E-state index contributed by atoms with van der Waals surface area (Å²) in [4.78, 5) is 31.2. The number of aliphatic hydroxyl groups is 1. The van der Waals surface area contributed by atoms with Crippen LogP contribution in [0.25, 0.3) is 5.76 Å². The molecule has 0 unspecified atom stereocenters. The van der Waals surface area contributed by atoms with Crippen LogP contribution in [0.1, 0.15) is 17.2 Å². The summed E-state index contributed by atoms with van der Waals surface area (Å²) in [6.07, 6.45) is 1.50. The Kier molecular flexibility index (Phi) is 5.02. The van der Waals surface area contributed by atoms with Crippen molar-refractivity contribution in [2.75, 3.05) is 12.0 Å². The van der Waals surface area contributed by atoms with Gasteiger partial charge in [-0.3, -0.25) is 14.5 Å². The number of ether oxygens (including phenoxy) is 1. The molecule has 1 N–H and O–H groups in total. The molecule has 1 fully saturated rings. The van der Waals surface area contributed by atoms with Gasteiger partial charge in [0.15, 0.2) is 0 Å². The Balaban J connectivity index is 1.91. The molecule has 2 aromatic carbocycles. The van der Waals surface area contributed by atoms with Gasteiger partial charge < -0.3 is 9.84 Å². The number of Topliss-reactive ketones (excluding diaryl/α,β-unsaturated/α-hetero) is 1. The van der Waals surface area contributed by atoms with E-state index in [0.29, 0.717) is 16.9 Å². The zero-order chi connectivity index (χ0) is 21.3. The lowest BCUT2D eigenvalue weighted by atomic mass is 9.95. The summed E-state index contributed by atoms with van der Waals surface area (Å²) in [5.74, 6) is -1.62. The SMILES string of the molecule is COc1ccc(C(O)=C2C(=O)C(=O)N(c3ccccn3)[C@H]2c2ccc(F)cc2)cc1. The van der Waals surface area contributed by atoms with E-state index in [1.165, 1.54) is 42.5 Å². The molecule has 1 aliphatic heterocycles. The maximum atomic E-state index is 13.5. The first-order valence-corrected chi connectivity index (χ1v) is 9.13. The van der Waals surface area contributed by atoms with Crippen LogP contribution in [-0.4, -0.2) is 28.9 Å². The van der Waals surface area contributed by atoms with E-state index in [9.17, 15) is 19.1 Å².